The van der Waals surface area contributed by atoms with Crippen molar-refractivity contribution in [2.75, 3.05) is 16.0 Å². The molecule has 0 aliphatic carbocycles. The van der Waals surface area contributed by atoms with E-state index in [0.29, 0.717) is 35.0 Å². The first-order chi connectivity index (χ1) is 19.7. The maximum Gasteiger partial charge on any atom is 0.416 e. The minimum Gasteiger partial charge on any atom is -0.489 e. The number of nitrogens with zero attached hydrogens (tertiary/aromatic N) is 4. The lowest BCUT2D eigenvalue weighted by molar-refractivity contribution is -0.137. The number of anilines is 3. The first-order valence-corrected chi connectivity index (χ1v) is 12.7. The summed E-state index contributed by atoms with van der Waals surface area (Å²) in [5, 5.41) is 8.47. The number of hydrogen-bond acceptors (Lipinski definition) is 6. The Kier molecular flexibility index (Phi) is 7.72. The summed E-state index contributed by atoms with van der Waals surface area (Å²) in [4.78, 5) is 26.0. The maximum absolute atomic E-state index is 13.3. The number of aromatic nitrogens is 4. The standard InChI is InChI=1S/C29H26F3N7O2/c1-18(2)41-25-7-6-21(29(30,31)32)15-23(25)38-28(40)36-22-5-3-4-20(14-22)24-17-39-13-12-34-27(39)26(37-24)35-16-19-8-10-33-11-9-19/h3-15,17-18H,16H2,1-2H3,(H,35,37)(H2,36,38,40). The molecule has 0 saturated carbocycles. The molecule has 3 heterocycles. The zero-order chi connectivity index (χ0) is 29.0. The van der Waals surface area contributed by atoms with Crippen LogP contribution in [0.1, 0.15) is 25.0 Å². The molecule has 5 aromatic rings. The fraction of sp³-hybridized carbons (Fsp3) is 0.172. The number of pyridine rings is 1. The Bertz CT molecular complexity index is 1670. The zero-order valence-corrected chi connectivity index (χ0v) is 22.1. The quantitative estimate of drug-likeness (QED) is 0.191. The number of carbonyl (C=O) groups is 1. The van der Waals surface area contributed by atoms with Crippen LogP contribution in [-0.4, -0.2) is 31.5 Å². The lowest BCUT2D eigenvalue weighted by atomic mass is 10.1. The summed E-state index contributed by atoms with van der Waals surface area (Å²) in [6, 6.07) is 13.0. The number of amides is 2. The molecule has 3 N–H and O–H groups in total. The molecule has 210 valence electrons. The highest BCUT2D eigenvalue weighted by Gasteiger charge is 2.31. The van der Waals surface area contributed by atoms with Gasteiger partial charge in [-0.05, 0) is 61.9 Å². The van der Waals surface area contributed by atoms with E-state index in [9.17, 15) is 18.0 Å². The summed E-state index contributed by atoms with van der Waals surface area (Å²) in [5.41, 5.74) is 2.40. The summed E-state index contributed by atoms with van der Waals surface area (Å²) >= 11 is 0. The third-order valence-corrected chi connectivity index (χ3v) is 5.92. The van der Waals surface area contributed by atoms with E-state index in [4.69, 9.17) is 9.72 Å². The number of ether oxygens (including phenoxy) is 1. The van der Waals surface area contributed by atoms with Gasteiger partial charge in [-0.25, -0.2) is 14.8 Å². The number of rotatable bonds is 8. The third kappa shape index (κ3) is 6.72. The molecule has 41 heavy (non-hydrogen) atoms. The second-order valence-electron chi connectivity index (χ2n) is 9.38. The van der Waals surface area contributed by atoms with E-state index in [0.717, 1.165) is 17.7 Å². The van der Waals surface area contributed by atoms with Crippen molar-refractivity contribution in [2.24, 2.45) is 0 Å². The number of urea groups is 1. The number of carbonyl (C=O) groups excluding carboxylic acids is 1. The van der Waals surface area contributed by atoms with E-state index in [2.05, 4.69) is 25.9 Å². The van der Waals surface area contributed by atoms with E-state index in [1.165, 1.54) is 6.07 Å². The fourth-order valence-electron chi connectivity index (χ4n) is 4.08. The van der Waals surface area contributed by atoms with Crippen LogP contribution in [0.15, 0.2) is 85.6 Å². The molecule has 0 fully saturated rings. The molecular formula is C29H26F3N7O2. The minimum atomic E-state index is -4.58. The Morgan fingerprint density at radius 2 is 1.83 bits per heavy atom. The number of benzene rings is 2. The van der Waals surface area contributed by atoms with Gasteiger partial charge >= 0.3 is 12.2 Å². The van der Waals surface area contributed by atoms with E-state index < -0.39 is 17.8 Å². The summed E-state index contributed by atoms with van der Waals surface area (Å²) in [7, 11) is 0. The van der Waals surface area contributed by atoms with E-state index in [1.54, 1.807) is 56.8 Å². The number of fused-ring (bicyclic) bond motifs is 1. The number of nitrogens with one attached hydrogen (secondary N) is 3. The Morgan fingerprint density at radius 1 is 1.02 bits per heavy atom. The molecule has 5 rings (SSSR count). The molecule has 2 amide bonds. The SMILES string of the molecule is CC(C)Oc1ccc(C(F)(F)F)cc1NC(=O)Nc1cccc(-c2cn3ccnc3c(NCc3ccncc3)n2)c1. The molecule has 3 aromatic heterocycles. The van der Waals surface area contributed by atoms with Gasteiger partial charge in [0, 0.05) is 48.8 Å². The Hall–Kier alpha value is -5.13. The molecule has 0 unspecified atom stereocenters. The molecule has 0 spiro atoms. The molecule has 2 aromatic carbocycles. The number of imidazole rings is 1. The molecule has 9 nitrogen and oxygen atoms in total. The van der Waals surface area contributed by atoms with Crippen molar-refractivity contribution in [3.05, 3.63) is 96.7 Å². The van der Waals surface area contributed by atoms with Crippen LogP contribution in [0, 0.1) is 0 Å². The highest BCUT2D eigenvalue weighted by atomic mass is 19.4. The van der Waals surface area contributed by atoms with Gasteiger partial charge in [0.2, 0.25) is 0 Å². The van der Waals surface area contributed by atoms with Crippen LogP contribution in [0.4, 0.5) is 35.2 Å². The van der Waals surface area contributed by atoms with Crippen molar-refractivity contribution < 1.29 is 22.7 Å². The number of alkyl halides is 3. The summed E-state index contributed by atoms with van der Waals surface area (Å²) in [5.74, 6) is 0.698. The smallest absolute Gasteiger partial charge is 0.416 e. The van der Waals surface area contributed by atoms with Crippen LogP contribution < -0.4 is 20.7 Å². The van der Waals surface area contributed by atoms with Gasteiger partial charge in [0.1, 0.15) is 5.75 Å². The molecule has 0 bridgehead atoms. The summed E-state index contributed by atoms with van der Waals surface area (Å²) in [6.07, 6.45) is 3.84. The molecule has 0 saturated heterocycles. The minimum absolute atomic E-state index is 0.0979. The predicted molar refractivity (Wildman–Crippen MR) is 150 cm³/mol. The van der Waals surface area contributed by atoms with Crippen LogP contribution in [0.2, 0.25) is 0 Å². The van der Waals surface area contributed by atoms with Crippen LogP contribution in [-0.2, 0) is 12.7 Å². The Labute approximate surface area is 233 Å². The van der Waals surface area contributed by atoms with Crippen molar-refractivity contribution in [2.45, 2.75) is 32.7 Å². The monoisotopic (exact) mass is 561 g/mol. The van der Waals surface area contributed by atoms with Gasteiger partial charge in [0.15, 0.2) is 11.5 Å². The normalized spacial score (nSPS) is 11.5. The van der Waals surface area contributed by atoms with Crippen LogP contribution in [0.5, 0.6) is 5.75 Å². The van der Waals surface area contributed by atoms with Crippen molar-refractivity contribution in [3.63, 3.8) is 0 Å². The van der Waals surface area contributed by atoms with Gasteiger partial charge in [-0.3, -0.25) is 4.98 Å². The number of hydrogen-bond donors (Lipinski definition) is 3. The molecule has 0 radical (unpaired) electrons. The van der Waals surface area contributed by atoms with Gasteiger partial charge in [-0.15, -0.1) is 0 Å². The second kappa shape index (κ2) is 11.5. The van der Waals surface area contributed by atoms with Gasteiger partial charge in [0.25, 0.3) is 0 Å². The topological polar surface area (TPSA) is 105 Å². The van der Waals surface area contributed by atoms with E-state index >= 15 is 0 Å². The highest BCUT2D eigenvalue weighted by molar-refractivity contribution is 6.01. The summed E-state index contributed by atoms with van der Waals surface area (Å²) in [6.45, 7) is 3.99. The van der Waals surface area contributed by atoms with Gasteiger partial charge in [-0.1, -0.05) is 12.1 Å². The van der Waals surface area contributed by atoms with Crippen LogP contribution in [0.25, 0.3) is 16.9 Å². The average Bonchev–Trinajstić information content (AvgIpc) is 3.41. The maximum atomic E-state index is 13.3. The molecule has 0 aliphatic rings. The van der Waals surface area contributed by atoms with Crippen molar-refractivity contribution >= 4 is 28.9 Å². The van der Waals surface area contributed by atoms with Gasteiger partial charge < -0.3 is 25.1 Å². The fourth-order valence-corrected chi connectivity index (χ4v) is 4.08. The van der Waals surface area contributed by atoms with Crippen LogP contribution >= 0.6 is 0 Å². The lowest BCUT2D eigenvalue weighted by Gasteiger charge is -2.17. The van der Waals surface area contributed by atoms with Gasteiger partial charge in [-0.2, -0.15) is 13.2 Å². The molecule has 12 heteroatoms. The van der Waals surface area contributed by atoms with Crippen molar-refractivity contribution in [3.8, 4) is 17.0 Å². The molecule has 0 atom stereocenters. The Balaban J connectivity index is 1.36. The predicted octanol–water partition coefficient (Wildman–Crippen LogP) is 6.85. The zero-order valence-electron chi connectivity index (χ0n) is 22.1. The summed E-state index contributed by atoms with van der Waals surface area (Å²) < 4.78 is 47.3. The van der Waals surface area contributed by atoms with Gasteiger partial charge in [0.05, 0.1) is 23.0 Å². The van der Waals surface area contributed by atoms with Crippen molar-refractivity contribution in [1.82, 2.24) is 19.4 Å². The number of halogens is 3. The molecular weight excluding hydrogens is 535 g/mol. The average molecular weight is 562 g/mol. The van der Waals surface area contributed by atoms with Crippen molar-refractivity contribution in [1.29, 1.82) is 0 Å². The lowest BCUT2D eigenvalue weighted by Crippen LogP contribution is -2.21. The highest BCUT2D eigenvalue weighted by Crippen LogP contribution is 2.35. The first kappa shape index (κ1) is 27.4. The third-order valence-electron chi connectivity index (χ3n) is 5.92. The molecule has 0 aliphatic heterocycles. The van der Waals surface area contributed by atoms with E-state index in [-0.39, 0.29) is 17.5 Å². The largest absolute Gasteiger partial charge is 0.489 e. The first-order valence-electron chi connectivity index (χ1n) is 12.7. The van der Waals surface area contributed by atoms with Crippen LogP contribution in [0.3, 0.4) is 0 Å². The van der Waals surface area contributed by atoms with E-state index in [1.807, 2.05) is 28.8 Å². The second-order valence-corrected chi connectivity index (χ2v) is 9.38. The Morgan fingerprint density at radius 3 is 2.59 bits per heavy atom.